The highest BCUT2D eigenvalue weighted by molar-refractivity contribution is 6.02. The number of carbonyl (C=O) groups is 2. The quantitative estimate of drug-likeness (QED) is 0.368. The molecule has 2 aromatic carbocycles. The zero-order chi connectivity index (χ0) is 19.5. The van der Waals surface area contributed by atoms with Crippen molar-refractivity contribution in [2.24, 2.45) is 0 Å². The van der Waals surface area contributed by atoms with Gasteiger partial charge in [0.25, 0.3) is 0 Å². The van der Waals surface area contributed by atoms with Crippen molar-refractivity contribution in [1.82, 2.24) is 0 Å². The maximum Gasteiger partial charge on any atom is 0.338 e. The first-order valence-corrected chi connectivity index (χ1v) is 9.41. The molecule has 0 aliphatic rings. The Hall–Kier alpha value is -2.88. The number of esters is 1. The highest BCUT2D eigenvalue weighted by atomic mass is 16.5. The van der Waals surface area contributed by atoms with E-state index in [1.54, 1.807) is 30.3 Å². The molecule has 142 valence electrons. The lowest BCUT2D eigenvalue weighted by Crippen LogP contribution is -2.09. The van der Waals surface area contributed by atoms with E-state index in [9.17, 15) is 9.59 Å². The van der Waals surface area contributed by atoms with Gasteiger partial charge in [-0.2, -0.15) is 0 Å². The second-order valence-electron chi connectivity index (χ2n) is 6.51. The maximum absolute atomic E-state index is 12.0. The Balaban J connectivity index is 1.81. The van der Waals surface area contributed by atoms with Crippen LogP contribution in [-0.2, 0) is 9.53 Å². The van der Waals surface area contributed by atoms with Gasteiger partial charge in [-0.15, -0.1) is 0 Å². The lowest BCUT2D eigenvalue weighted by Gasteiger charge is -2.06. The third-order valence-corrected chi connectivity index (χ3v) is 4.12. The number of aryl methyl sites for hydroxylation is 1. The molecule has 1 N–H and O–H groups in total. The summed E-state index contributed by atoms with van der Waals surface area (Å²) in [7, 11) is 0. The van der Waals surface area contributed by atoms with Crippen LogP contribution < -0.4 is 5.32 Å². The zero-order valence-corrected chi connectivity index (χ0v) is 16.0. The third kappa shape index (κ3) is 7.48. The van der Waals surface area contributed by atoms with Crippen molar-refractivity contribution in [3.63, 3.8) is 0 Å². The van der Waals surface area contributed by atoms with Gasteiger partial charge in [-0.3, -0.25) is 4.79 Å². The predicted molar refractivity (Wildman–Crippen MR) is 110 cm³/mol. The van der Waals surface area contributed by atoms with Crippen LogP contribution in [0.4, 0.5) is 5.69 Å². The van der Waals surface area contributed by atoms with Crippen LogP contribution >= 0.6 is 0 Å². The lowest BCUT2D eigenvalue weighted by atomic mass is 10.1. The fourth-order valence-corrected chi connectivity index (χ4v) is 2.50. The molecule has 4 heteroatoms. The molecule has 0 aliphatic heterocycles. The fraction of sp³-hybridized carbons (Fsp3) is 0.304. The summed E-state index contributed by atoms with van der Waals surface area (Å²) in [6.07, 6.45) is 7.53. The van der Waals surface area contributed by atoms with Crippen LogP contribution in [-0.4, -0.2) is 18.5 Å². The average Bonchev–Trinajstić information content (AvgIpc) is 2.68. The van der Waals surface area contributed by atoms with Crippen molar-refractivity contribution in [2.45, 2.75) is 39.5 Å². The van der Waals surface area contributed by atoms with Gasteiger partial charge in [0.2, 0.25) is 5.91 Å². The van der Waals surface area contributed by atoms with E-state index >= 15 is 0 Å². The number of nitrogens with one attached hydrogen (secondary N) is 1. The molecule has 1 amide bonds. The van der Waals surface area contributed by atoms with Crippen molar-refractivity contribution in [1.29, 1.82) is 0 Å². The molecule has 0 fully saturated rings. The average molecular weight is 365 g/mol. The largest absolute Gasteiger partial charge is 0.462 e. The smallest absolute Gasteiger partial charge is 0.338 e. The SMILES string of the molecule is CCCCCCOC(=O)c1ccc(NC(=O)/C=C/c2ccc(C)cc2)cc1. The monoisotopic (exact) mass is 365 g/mol. The number of ether oxygens (including phenoxy) is 1. The van der Waals surface area contributed by atoms with E-state index in [0.717, 1.165) is 31.2 Å². The van der Waals surface area contributed by atoms with Gasteiger partial charge >= 0.3 is 5.97 Å². The summed E-state index contributed by atoms with van der Waals surface area (Å²) in [6, 6.07) is 14.6. The van der Waals surface area contributed by atoms with E-state index in [2.05, 4.69) is 12.2 Å². The highest BCUT2D eigenvalue weighted by Gasteiger charge is 2.07. The summed E-state index contributed by atoms with van der Waals surface area (Å²) in [5.41, 5.74) is 3.26. The molecular weight excluding hydrogens is 338 g/mol. The molecule has 0 aliphatic carbocycles. The van der Waals surface area contributed by atoms with Gasteiger partial charge in [0.05, 0.1) is 12.2 Å². The third-order valence-electron chi connectivity index (χ3n) is 4.12. The Morgan fingerprint density at radius 3 is 2.33 bits per heavy atom. The molecule has 0 saturated heterocycles. The number of anilines is 1. The Morgan fingerprint density at radius 1 is 0.963 bits per heavy atom. The number of benzene rings is 2. The first-order valence-electron chi connectivity index (χ1n) is 9.41. The van der Waals surface area contributed by atoms with Gasteiger partial charge in [-0.25, -0.2) is 4.79 Å². The van der Waals surface area contributed by atoms with Gasteiger partial charge < -0.3 is 10.1 Å². The molecule has 0 atom stereocenters. The Kier molecular flexibility index (Phi) is 8.30. The summed E-state index contributed by atoms with van der Waals surface area (Å²) >= 11 is 0. The van der Waals surface area contributed by atoms with E-state index in [1.165, 1.54) is 11.6 Å². The predicted octanol–water partition coefficient (Wildman–Crippen LogP) is 5.38. The second-order valence-corrected chi connectivity index (χ2v) is 6.51. The van der Waals surface area contributed by atoms with Crippen LogP contribution in [0.5, 0.6) is 0 Å². The zero-order valence-electron chi connectivity index (χ0n) is 16.0. The first-order chi connectivity index (χ1) is 13.1. The molecule has 0 heterocycles. The second kappa shape index (κ2) is 11.0. The molecule has 0 radical (unpaired) electrons. The van der Waals surface area contributed by atoms with Crippen molar-refractivity contribution in [3.05, 3.63) is 71.3 Å². The Morgan fingerprint density at radius 2 is 1.67 bits per heavy atom. The van der Waals surface area contributed by atoms with Crippen LogP contribution in [0, 0.1) is 6.92 Å². The molecule has 0 saturated carbocycles. The van der Waals surface area contributed by atoms with Crippen molar-refractivity contribution < 1.29 is 14.3 Å². The van der Waals surface area contributed by atoms with Crippen LogP contribution in [0.25, 0.3) is 6.08 Å². The number of carbonyl (C=O) groups excluding carboxylic acids is 2. The molecule has 2 aromatic rings. The number of rotatable bonds is 9. The van der Waals surface area contributed by atoms with E-state index < -0.39 is 0 Å². The molecule has 0 aromatic heterocycles. The molecular formula is C23H27NO3. The van der Waals surface area contributed by atoms with Crippen LogP contribution in [0.1, 0.15) is 54.1 Å². The topological polar surface area (TPSA) is 55.4 Å². The minimum atomic E-state index is -0.330. The summed E-state index contributed by atoms with van der Waals surface area (Å²) in [6.45, 7) is 4.61. The normalized spacial score (nSPS) is 10.7. The number of unbranched alkanes of at least 4 members (excludes halogenated alkanes) is 3. The fourth-order valence-electron chi connectivity index (χ4n) is 2.50. The lowest BCUT2D eigenvalue weighted by molar-refractivity contribution is -0.111. The number of amides is 1. The van der Waals surface area contributed by atoms with Crippen LogP contribution in [0.2, 0.25) is 0 Å². The minimum absolute atomic E-state index is 0.221. The molecule has 27 heavy (non-hydrogen) atoms. The summed E-state index contributed by atoms with van der Waals surface area (Å²) in [5.74, 6) is -0.550. The number of hydrogen-bond acceptors (Lipinski definition) is 3. The van der Waals surface area contributed by atoms with Crippen molar-refractivity contribution in [2.75, 3.05) is 11.9 Å². The number of hydrogen-bond donors (Lipinski definition) is 1. The van der Waals surface area contributed by atoms with Crippen LogP contribution in [0.15, 0.2) is 54.6 Å². The van der Waals surface area contributed by atoms with E-state index in [-0.39, 0.29) is 11.9 Å². The maximum atomic E-state index is 12.0. The van der Waals surface area contributed by atoms with Crippen molar-refractivity contribution in [3.8, 4) is 0 Å². The summed E-state index contributed by atoms with van der Waals surface area (Å²) < 4.78 is 5.25. The van der Waals surface area contributed by atoms with Crippen molar-refractivity contribution >= 4 is 23.6 Å². The van der Waals surface area contributed by atoms with E-state index in [0.29, 0.717) is 17.9 Å². The molecule has 2 rings (SSSR count). The molecule has 0 unspecified atom stereocenters. The van der Waals surface area contributed by atoms with Gasteiger partial charge in [0, 0.05) is 11.8 Å². The molecule has 4 nitrogen and oxygen atoms in total. The standard InChI is InChI=1S/C23H27NO3/c1-3-4-5-6-17-27-23(26)20-12-14-21(15-13-20)24-22(25)16-11-19-9-7-18(2)8-10-19/h7-16H,3-6,17H2,1-2H3,(H,24,25)/b16-11+. The minimum Gasteiger partial charge on any atom is -0.462 e. The first kappa shape index (κ1) is 20.4. The van der Waals surface area contributed by atoms with E-state index in [1.807, 2.05) is 31.2 Å². The Labute approximate surface area is 161 Å². The van der Waals surface area contributed by atoms with Gasteiger partial charge in [0.15, 0.2) is 0 Å². The van der Waals surface area contributed by atoms with Crippen LogP contribution in [0.3, 0.4) is 0 Å². The molecule has 0 spiro atoms. The van der Waals surface area contributed by atoms with Gasteiger partial charge in [-0.05, 0) is 49.2 Å². The summed E-state index contributed by atoms with van der Waals surface area (Å²) in [4.78, 5) is 24.0. The molecule has 0 bridgehead atoms. The summed E-state index contributed by atoms with van der Waals surface area (Å²) in [5, 5.41) is 2.78. The highest BCUT2D eigenvalue weighted by Crippen LogP contribution is 2.12. The van der Waals surface area contributed by atoms with E-state index in [4.69, 9.17) is 4.74 Å². The van der Waals surface area contributed by atoms with Gasteiger partial charge in [-0.1, -0.05) is 56.0 Å². The Bertz CT molecular complexity index is 761. The van der Waals surface area contributed by atoms with Gasteiger partial charge in [0.1, 0.15) is 0 Å².